The van der Waals surface area contributed by atoms with Crippen molar-refractivity contribution in [2.24, 2.45) is 5.41 Å². The van der Waals surface area contributed by atoms with E-state index < -0.39 is 17.3 Å². The van der Waals surface area contributed by atoms with E-state index in [1.165, 1.54) is 19.4 Å². The number of hydrogen-bond acceptors (Lipinski definition) is 8. The molecule has 2 N–H and O–H groups in total. The van der Waals surface area contributed by atoms with Crippen LogP contribution in [0.1, 0.15) is 54.6 Å². The normalized spacial score (nSPS) is 23.2. The molecule has 2 aromatic heterocycles. The van der Waals surface area contributed by atoms with Crippen LogP contribution in [0.25, 0.3) is 11.1 Å². The van der Waals surface area contributed by atoms with Crippen LogP contribution in [0, 0.1) is 18.2 Å². The molecule has 8 nitrogen and oxygen atoms in total. The Bertz CT molecular complexity index is 1240. The first-order valence-electron chi connectivity index (χ1n) is 11.6. The number of amides is 1. The third kappa shape index (κ3) is 4.72. The maximum absolute atomic E-state index is 14.8. The Morgan fingerprint density at radius 3 is 2.66 bits per heavy atom. The quantitative estimate of drug-likeness (QED) is 0.483. The van der Waals surface area contributed by atoms with Gasteiger partial charge in [-0.15, -0.1) is 5.10 Å². The van der Waals surface area contributed by atoms with Crippen molar-refractivity contribution >= 4 is 22.4 Å². The summed E-state index contributed by atoms with van der Waals surface area (Å²) >= 11 is 1.14. The zero-order valence-corrected chi connectivity index (χ0v) is 20.5. The summed E-state index contributed by atoms with van der Waals surface area (Å²) in [6.07, 6.45) is 6.67. The number of anilines is 1. The minimum Gasteiger partial charge on any atom is -0.496 e. The van der Waals surface area contributed by atoms with Gasteiger partial charge in [0.1, 0.15) is 11.6 Å². The van der Waals surface area contributed by atoms with Gasteiger partial charge < -0.3 is 14.6 Å². The topological polar surface area (TPSA) is 106 Å². The molecule has 3 aliphatic carbocycles. The van der Waals surface area contributed by atoms with Crippen molar-refractivity contribution in [2.45, 2.75) is 51.0 Å². The number of pyridine rings is 1. The van der Waals surface area contributed by atoms with Gasteiger partial charge in [0, 0.05) is 22.9 Å². The Kier molecular flexibility index (Phi) is 6.18. The van der Waals surface area contributed by atoms with Gasteiger partial charge in [-0.05, 0) is 75.0 Å². The Morgan fingerprint density at radius 2 is 1.94 bits per heavy atom. The molecule has 3 fully saturated rings. The van der Waals surface area contributed by atoms with Crippen molar-refractivity contribution in [2.75, 3.05) is 19.0 Å². The molecule has 0 spiro atoms. The predicted octanol–water partition coefficient (Wildman–Crippen LogP) is 4.77. The first-order valence-corrected chi connectivity index (χ1v) is 12.4. The van der Waals surface area contributed by atoms with Crippen LogP contribution in [-0.4, -0.2) is 45.5 Å². The second kappa shape index (κ2) is 9.16. The molecule has 0 radical (unpaired) electrons. The largest absolute Gasteiger partial charge is 0.496 e. The molecule has 0 unspecified atom stereocenters. The average molecular weight is 499 g/mol. The van der Waals surface area contributed by atoms with Crippen LogP contribution in [0.2, 0.25) is 0 Å². The minimum absolute atomic E-state index is 0.0703. The number of rotatable bonds is 7. The number of nitrogens with zero attached hydrogens (tertiary/aromatic N) is 3. The fraction of sp³-hybridized carbons (Fsp3) is 0.440. The second-order valence-corrected chi connectivity index (χ2v) is 10.5. The number of aromatic nitrogens is 3. The van der Waals surface area contributed by atoms with Gasteiger partial charge in [0.15, 0.2) is 0 Å². The summed E-state index contributed by atoms with van der Waals surface area (Å²) in [5, 5.41) is 21.9. The first-order chi connectivity index (χ1) is 16.8. The summed E-state index contributed by atoms with van der Waals surface area (Å²) in [7, 11) is 1.45. The Balaban J connectivity index is 1.31. The molecule has 2 bridgehead atoms. The number of carbonyl (C=O) groups is 1. The van der Waals surface area contributed by atoms with Crippen molar-refractivity contribution < 1.29 is 23.8 Å². The third-order valence-corrected chi connectivity index (χ3v) is 7.99. The van der Waals surface area contributed by atoms with Crippen LogP contribution in [-0.2, 0) is 0 Å². The molecule has 35 heavy (non-hydrogen) atoms. The maximum atomic E-state index is 14.8. The summed E-state index contributed by atoms with van der Waals surface area (Å²) in [6.45, 7) is 2.29. The molecule has 3 saturated carbocycles. The first kappa shape index (κ1) is 23.6. The van der Waals surface area contributed by atoms with Crippen LogP contribution in [0.3, 0.4) is 0 Å². The molecule has 0 aliphatic heterocycles. The minimum atomic E-state index is -0.501. The molecule has 2 heterocycles. The van der Waals surface area contributed by atoms with Crippen molar-refractivity contribution in [3.05, 3.63) is 47.5 Å². The molecule has 3 aliphatic rings. The Hall–Kier alpha value is -3.11. The number of benzene rings is 1. The highest BCUT2D eigenvalue weighted by Gasteiger charge is 2.48. The van der Waals surface area contributed by atoms with Crippen molar-refractivity contribution in [1.29, 1.82) is 0 Å². The van der Waals surface area contributed by atoms with E-state index in [1.807, 2.05) is 0 Å². The lowest BCUT2D eigenvalue weighted by atomic mass is 9.59. The van der Waals surface area contributed by atoms with Crippen LogP contribution in [0.15, 0.2) is 30.5 Å². The average Bonchev–Trinajstić information content (AvgIpc) is 3.30. The van der Waals surface area contributed by atoms with Crippen molar-refractivity contribution in [1.82, 2.24) is 15.2 Å². The highest BCUT2D eigenvalue weighted by atomic mass is 32.1. The lowest BCUT2D eigenvalue weighted by Gasteiger charge is -2.50. The van der Waals surface area contributed by atoms with Gasteiger partial charge in [-0.3, -0.25) is 15.1 Å². The summed E-state index contributed by atoms with van der Waals surface area (Å²) in [5.74, 6) is -0.670. The lowest BCUT2D eigenvalue weighted by Crippen LogP contribution is -2.48. The van der Waals surface area contributed by atoms with Crippen LogP contribution < -0.4 is 14.8 Å². The van der Waals surface area contributed by atoms with Gasteiger partial charge in [-0.2, -0.15) is 0 Å². The Morgan fingerprint density at radius 1 is 1.20 bits per heavy atom. The molecule has 1 aromatic carbocycles. The van der Waals surface area contributed by atoms with E-state index in [9.17, 15) is 14.3 Å². The molecule has 1 amide bonds. The summed E-state index contributed by atoms with van der Waals surface area (Å²) in [5.41, 5.74) is 0.973. The van der Waals surface area contributed by atoms with E-state index in [-0.39, 0.29) is 21.7 Å². The molecule has 3 aromatic rings. The van der Waals surface area contributed by atoms with Gasteiger partial charge in [0.25, 0.3) is 11.1 Å². The number of carbonyl (C=O) groups excluding carboxylic acids is 1. The number of ether oxygens (including phenoxy) is 2. The highest BCUT2D eigenvalue weighted by molar-refractivity contribution is 7.17. The van der Waals surface area contributed by atoms with Gasteiger partial charge in [-0.1, -0.05) is 11.2 Å². The molecule has 0 saturated heterocycles. The van der Waals surface area contributed by atoms with E-state index in [0.29, 0.717) is 28.8 Å². The number of aryl methyl sites for hydroxylation is 1. The number of hydrogen-bond donors (Lipinski definition) is 2. The summed E-state index contributed by atoms with van der Waals surface area (Å²) in [4.78, 5) is 17.4. The Labute approximate surface area is 206 Å². The van der Waals surface area contributed by atoms with Crippen molar-refractivity contribution in [3.63, 3.8) is 0 Å². The monoisotopic (exact) mass is 498 g/mol. The van der Waals surface area contributed by atoms with Crippen molar-refractivity contribution in [3.8, 4) is 22.1 Å². The number of fused-ring (bicyclic) bond motifs is 3. The fourth-order valence-electron chi connectivity index (χ4n) is 5.04. The highest BCUT2D eigenvalue weighted by Crippen LogP contribution is 2.52. The number of methoxy groups -OCH3 is 1. The van der Waals surface area contributed by atoms with E-state index in [0.717, 1.165) is 49.9 Å². The number of aliphatic hydroxyl groups is 1. The van der Waals surface area contributed by atoms with Gasteiger partial charge >= 0.3 is 0 Å². The van der Waals surface area contributed by atoms with E-state index in [1.54, 1.807) is 25.1 Å². The molecule has 6 rings (SSSR count). The van der Waals surface area contributed by atoms with Crippen LogP contribution >= 0.6 is 11.3 Å². The molecule has 10 heteroatoms. The fourth-order valence-corrected chi connectivity index (χ4v) is 5.63. The molecular formula is C25H27FN4O4S. The molecular weight excluding hydrogens is 471 g/mol. The van der Waals surface area contributed by atoms with Crippen LogP contribution in [0.5, 0.6) is 10.9 Å². The van der Waals surface area contributed by atoms with E-state index in [2.05, 4.69) is 20.5 Å². The van der Waals surface area contributed by atoms with Gasteiger partial charge in [-0.25, -0.2) is 4.39 Å². The lowest BCUT2D eigenvalue weighted by molar-refractivity contribution is -0.103. The standard InChI is InChI=1S/C25H27FN4O4S/c1-15-12-16(20-18(26)4-3-5-19(20)33-2)17(13-27-15)21(31)28-22-29-30-23(35-22)34-14-24-6-9-25(32,10-7-24)11-8-24/h3-5,12-13,32H,6-11,14H2,1-2H3,(H,28,29,31). The van der Waals surface area contributed by atoms with Gasteiger partial charge in [0.2, 0.25) is 5.13 Å². The van der Waals surface area contributed by atoms with E-state index in [4.69, 9.17) is 9.47 Å². The smallest absolute Gasteiger partial charge is 0.295 e. The third-order valence-electron chi connectivity index (χ3n) is 7.24. The maximum Gasteiger partial charge on any atom is 0.295 e. The second-order valence-electron chi connectivity index (χ2n) is 9.53. The summed E-state index contributed by atoms with van der Waals surface area (Å²) in [6, 6.07) is 6.17. The number of halogens is 1. The van der Waals surface area contributed by atoms with Crippen LogP contribution in [0.4, 0.5) is 9.52 Å². The molecule has 184 valence electrons. The molecule has 0 atom stereocenters. The predicted molar refractivity (Wildman–Crippen MR) is 129 cm³/mol. The number of nitrogens with one attached hydrogen (secondary N) is 1. The van der Waals surface area contributed by atoms with Gasteiger partial charge in [0.05, 0.1) is 30.4 Å². The van der Waals surface area contributed by atoms with E-state index >= 15 is 0 Å². The zero-order valence-electron chi connectivity index (χ0n) is 19.6. The SMILES string of the molecule is COc1cccc(F)c1-c1cc(C)ncc1C(=O)Nc1nnc(OCC23CCC(O)(CC2)CC3)s1. The summed E-state index contributed by atoms with van der Waals surface area (Å²) < 4.78 is 26.1. The zero-order chi connectivity index (χ0) is 24.6.